The van der Waals surface area contributed by atoms with Gasteiger partial charge in [0, 0.05) is 37.8 Å². The van der Waals surface area contributed by atoms with Crippen molar-refractivity contribution in [1.29, 1.82) is 0 Å². The SMILES string of the molecule is Cc1ccc(-c2cc(C(=O)N3CCN(S(=O)(=O)c4ccccc4)CC3)on2)cc1. The second-order valence-electron chi connectivity index (χ2n) is 6.95. The molecule has 2 aromatic carbocycles. The quantitative estimate of drug-likeness (QED) is 0.659. The zero-order valence-corrected chi connectivity index (χ0v) is 16.8. The van der Waals surface area contributed by atoms with Crippen molar-refractivity contribution in [2.75, 3.05) is 26.2 Å². The van der Waals surface area contributed by atoms with Crippen LogP contribution in [0.15, 0.2) is 70.1 Å². The van der Waals surface area contributed by atoms with E-state index in [1.165, 1.54) is 4.31 Å². The summed E-state index contributed by atoms with van der Waals surface area (Å²) in [6.45, 7) is 3.07. The highest BCUT2D eigenvalue weighted by Gasteiger charge is 2.31. The van der Waals surface area contributed by atoms with Crippen molar-refractivity contribution in [3.05, 3.63) is 72.0 Å². The fraction of sp³-hybridized carbons (Fsp3) is 0.238. The van der Waals surface area contributed by atoms with Gasteiger partial charge in [0.2, 0.25) is 15.8 Å². The molecule has 0 N–H and O–H groups in total. The largest absolute Gasteiger partial charge is 0.350 e. The number of hydrogen-bond acceptors (Lipinski definition) is 5. The Hall–Kier alpha value is -2.97. The number of nitrogens with zero attached hydrogens (tertiary/aromatic N) is 3. The summed E-state index contributed by atoms with van der Waals surface area (Å²) in [5.41, 5.74) is 2.60. The molecule has 1 fully saturated rings. The number of benzene rings is 2. The van der Waals surface area contributed by atoms with Crippen LogP contribution in [-0.2, 0) is 10.0 Å². The molecule has 8 heteroatoms. The Morgan fingerprint density at radius 3 is 2.28 bits per heavy atom. The highest BCUT2D eigenvalue weighted by Crippen LogP contribution is 2.22. The summed E-state index contributed by atoms with van der Waals surface area (Å²) in [5, 5.41) is 4.00. The standard InChI is InChI=1S/C21H21N3O4S/c1-16-7-9-17(10-8-16)19-15-20(28-22-19)21(25)23-11-13-24(14-12-23)29(26,27)18-5-3-2-4-6-18/h2-10,15H,11-14H2,1H3. The van der Waals surface area contributed by atoms with Crippen LogP contribution in [0.2, 0.25) is 0 Å². The van der Waals surface area contributed by atoms with Crippen LogP contribution in [0, 0.1) is 6.92 Å². The maximum Gasteiger partial charge on any atom is 0.292 e. The molecule has 3 aromatic rings. The average molecular weight is 411 g/mol. The minimum Gasteiger partial charge on any atom is -0.350 e. The van der Waals surface area contributed by atoms with E-state index in [0.717, 1.165) is 11.1 Å². The van der Waals surface area contributed by atoms with Crippen molar-refractivity contribution in [2.45, 2.75) is 11.8 Å². The van der Waals surface area contributed by atoms with Crippen LogP contribution < -0.4 is 0 Å². The van der Waals surface area contributed by atoms with Crippen molar-refractivity contribution in [2.24, 2.45) is 0 Å². The summed E-state index contributed by atoms with van der Waals surface area (Å²) in [5.74, 6) is -0.132. The summed E-state index contributed by atoms with van der Waals surface area (Å²) in [6.07, 6.45) is 0. The number of rotatable bonds is 4. The molecule has 0 atom stereocenters. The van der Waals surface area contributed by atoms with Crippen molar-refractivity contribution >= 4 is 15.9 Å². The lowest BCUT2D eigenvalue weighted by atomic mass is 10.1. The summed E-state index contributed by atoms with van der Waals surface area (Å²) in [7, 11) is -3.55. The minimum atomic E-state index is -3.55. The second kappa shape index (κ2) is 7.81. The van der Waals surface area contributed by atoms with E-state index in [1.807, 2.05) is 31.2 Å². The number of amides is 1. The Morgan fingerprint density at radius 1 is 0.966 bits per heavy atom. The molecule has 1 aromatic heterocycles. The molecule has 4 rings (SSSR count). The van der Waals surface area contributed by atoms with Gasteiger partial charge in [-0.25, -0.2) is 8.42 Å². The van der Waals surface area contributed by atoms with Gasteiger partial charge in [-0.2, -0.15) is 4.31 Å². The number of piperazine rings is 1. The van der Waals surface area contributed by atoms with E-state index in [0.29, 0.717) is 18.8 Å². The Labute approximate surface area is 169 Å². The first-order valence-electron chi connectivity index (χ1n) is 9.33. The molecule has 1 aliphatic heterocycles. The molecule has 150 valence electrons. The van der Waals surface area contributed by atoms with E-state index in [1.54, 1.807) is 41.3 Å². The highest BCUT2D eigenvalue weighted by molar-refractivity contribution is 7.89. The van der Waals surface area contributed by atoms with Gasteiger partial charge in [-0.15, -0.1) is 0 Å². The lowest BCUT2D eigenvalue weighted by Crippen LogP contribution is -2.50. The third kappa shape index (κ3) is 3.94. The summed E-state index contributed by atoms with van der Waals surface area (Å²) < 4.78 is 32.1. The second-order valence-corrected chi connectivity index (χ2v) is 8.89. The molecule has 0 bridgehead atoms. The fourth-order valence-electron chi connectivity index (χ4n) is 3.27. The van der Waals surface area contributed by atoms with E-state index in [-0.39, 0.29) is 29.7 Å². The van der Waals surface area contributed by atoms with Gasteiger partial charge >= 0.3 is 0 Å². The van der Waals surface area contributed by atoms with E-state index in [9.17, 15) is 13.2 Å². The first-order valence-corrected chi connectivity index (χ1v) is 10.8. The number of aryl methyl sites for hydroxylation is 1. The van der Waals surface area contributed by atoms with Crippen LogP contribution in [-0.4, -0.2) is 54.9 Å². The normalized spacial score (nSPS) is 15.4. The third-order valence-corrected chi connectivity index (χ3v) is 6.89. The number of carbonyl (C=O) groups is 1. The minimum absolute atomic E-state index is 0.153. The number of carbonyl (C=O) groups excluding carboxylic acids is 1. The lowest BCUT2D eigenvalue weighted by molar-refractivity contribution is 0.0656. The van der Waals surface area contributed by atoms with Crippen molar-refractivity contribution < 1.29 is 17.7 Å². The van der Waals surface area contributed by atoms with Gasteiger partial charge in [-0.3, -0.25) is 4.79 Å². The number of aromatic nitrogens is 1. The lowest BCUT2D eigenvalue weighted by Gasteiger charge is -2.33. The molecule has 0 saturated carbocycles. The Morgan fingerprint density at radius 2 is 1.62 bits per heavy atom. The maximum atomic E-state index is 12.7. The molecular formula is C21H21N3O4S. The molecule has 2 heterocycles. The highest BCUT2D eigenvalue weighted by atomic mass is 32.2. The molecule has 1 aliphatic rings. The first-order chi connectivity index (χ1) is 13.9. The molecular weight excluding hydrogens is 390 g/mol. The molecule has 0 aliphatic carbocycles. The topological polar surface area (TPSA) is 83.7 Å². The van der Waals surface area contributed by atoms with Crippen molar-refractivity contribution in [3.63, 3.8) is 0 Å². The van der Waals surface area contributed by atoms with Crippen LogP contribution in [0.25, 0.3) is 11.3 Å². The molecule has 1 amide bonds. The third-order valence-electron chi connectivity index (χ3n) is 4.98. The van der Waals surface area contributed by atoms with Crippen molar-refractivity contribution in [3.8, 4) is 11.3 Å². The smallest absolute Gasteiger partial charge is 0.292 e. The predicted molar refractivity (Wildman–Crippen MR) is 108 cm³/mol. The predicted octanol–water partition coefficient (Wildman–Crippen LogP) is 2.80. The maximum absolute atomic E-state index is 12.7. The Bertz CT molecular complexity index is 1100. The Kier molecular flexibility index (Phi) is 5.21. The monoisotopic (exact) mass is 411 g/mol. The van der Waals surface area contributed by atoms with Gasteiger partial charge in [0.1, 0.15) is 5.69 Å². The van der Waals surface area contributed by atoms with E-state index >= 15 is 0 Å². The summed E-state index contributed by atoms with van der Waals surface area (Å²) in [4.78, 5) is 14.6. The van der Waals surface area contributed by atoms with Gasteiger partial charge in [0.15, 0.2) is 0 Å². The summed E-state index contributed by atoms with van der Waals surface area (Å²) >= 11 is 0. The van der Waals surface area contributed by atoms with Crippen LogP contribution >= 0.6 is 0 Å². The average Bonchev–Trinajstić information content (AvgIpc) is 3.25. The molecule has 0 radical (unpaired) electrons. The van der Waals surface area contributed by atoms with Crippen molar-refractivity contribution in [1.82, 2.24) is 14.4 Å². The van der Waals surface area contributed by atoms with Gasteiger partial charge in [-0.1, -0.05) is 53.2 Å². The van der Waals surface area contributed by atoms with E-state index in [4.69, 9.17) is 4.52 Å². The number of hydrogen-bond donors (Lipinski definition) is 0. The zero-order chi connectivity index (χ0) is 20.4. The number of sulfonamides is 1. The first kappa shape index (κ1) is 19.4. The molecule has 0 spiro atoms. The van der Waals surface area contributed by atoms with Gasteiger partial charge in [-0.05, 0) is 19.1 Å². The van der Waals surface area contributed by atoms with E-state index in [2.05, 4.69) is 5.16 Å². The van der Waals surface area contributed by atoms with Gasteiger partial charge < -0.3 is 9.42 Å². The molecule has 29 heavy (non-hydrogen) atoms. The van der Waals surface area contributed by atoms with Crippen LogP contribution in [0.1, 0.15) is 16.1 Å². The fourth-order valence-corrected chi connectivity index (χ4v) is 4.71. The van der Waals surface area contributed by atoms with Crippen LogP contribution in [0.5, 0.6) is 0 Å². The van der Waals surface area contributed by atoms with Gasteiger partial charge in [0.05, 0.1) is 4.90 Å². The summed E-state index contributed by atoms with van der Waals surface area (Å²) in [6, 6.07) is 17.7. The van der Waals surface area contributed by atoms with Crippen LogP contribution in [0.3, 0.4) is 0 Å². The molecule has 7 nitrogen and oxygen atoms in total. The molecule has 1 saturated heterocycles. The Balaban J connectivity index is 1.43. The zero-order valence-electron chi connectivity index (χ0n) is 16.0. The van der Waals surface area contributed by atoms with Gasteiger partial charge in [0.25, 0.3) is 5.91 Å². The van der Waals surface area contributed by atoms with E-state index < -0.39 is 10.0 Å². The molecule has 0 unspecified atom stereocenters. The van der Waals surface area contributed by atoms with Crippen LogP contribution in [0.4, 0.5) is 0 Å².